The van der Waals surface area contributed by atoms with Crippen molar-refractivity contribution in [3.05, 3.63) is 29.6 Å². The standard InChI is InChI=1S/C18H25FN2O3S/c1-24-15-11-13(3-4-14(15)19)12-18(8-6-17(23)21-18)7-5-16(22)20-9-10-25-2/h3-4,11H,5-10,12H2,1-2H3,(H,20,22)(H,21,23). The summed E-state index contributed by atoms with van der Waals surface area (Å²) in [5.41, 5.74) is 0.416. The first-order valence-corrected chi connectivity index (χ1v) is 9.76. The third-order valence-electron chi connectivity index (χ3n) is 4.45. The van der Waals surface area contributed by atoms with Gasteiger partial charge >= 0.3 is 0 Å². The summed E-state index contributed by atoms with van der Waals surface area (Å²) in [7, 11) is 1.42. The van der Waals surface area contributed by atoms with Crippen molar-refractivity contribution >= 4 is 23.6 Å². The largest absolute Gasteiger partial charge is 0.494 e. The summed E-state index contributed by atoms with van der Waals surface area (Å²) < 4.78 is 18.6. The van der Waals surface area contributed by atoms with E-state index in [1.54, 1.807) is 23.9 Å². The summed E-state index contributed by atoms with van der Waals surface area (Å²) >= 11 is 1.68. The second kappa shape index (κ2) is 9.08. The van der Waals surface area contributed by atoms with Crippen molar-refractivity contribution in [2.24, 2.45) is 0 Å². The summed E-state index contributed by atoms with van der Waals surface area (Å²) in [5.74, 6) is 0.641. The van der Waals surface area contributed by atoms with Crippen LogP contribution in [0.2, 0.25) is 0 Å². The van der Waals surface area contributed by atoms with Crippen molar-refractivity contribution in [1.82, 2.24) is 10.6 Å². The molecule has 25 heavy (non-hydrogen) atoms. The highest BCUT2D eigenvalue weighted by Gasteiger charge is 2.38. The number of benzene rings is 1. The summed E-state index contributed by atoms with van der Waals surface area (Å²) in [6.45, 7) is 0.647. The van der Waals surface area contributed by atoms with E-state index in [0.29, 0.717) is 38.6 Å². The molecular formula is C18H25FN2O3S. The van der Waals surface area contributed by atoms with Gasteiger partial charge in [0, 0.05) is 30.7 Å². The number of methoxy groups -OCH3 is 1. The molecule has 7 heteroatoms. The van der Waals surface area contributed by atoms with Crippen LogP contribution in [-0.2, 0) is 16.0 Å². The minimum absolute atomic E-state index is 0.00290. The van der Waals surface area contributed by atoms with Gasteiger partial charge in [0.2, 0.25) is 11.8 Å². The predicted molar refractivity (Wildman–Crippen MR) is 97.4 cm³/mol. The van der Waals surface area contributed by atoms with E-state index >= 15 is 0 Å². The van der Waals surface area contributed by atoms with E-state index in [9.17, 15) is 14.0 Å². The fraction of sp³-hybridized carbons (Fsp3) is 0.556. The van der Waals surface area contributed by atoms with Gasteiger partial charge in [0.1, 0.15) is 0 Å². The van der Waals surface area contributed by atoms with Gasteiger partial charge in [0.05, 0.1) is 7.11 Å². The molecule has 1 aliphatic rings. The maximum atomic E-state index is 13.6. The van der Waals surface area contributed by atoms with E-state index < -0.39 is 11.4 Å². The molecule has 1 atom stereocenters. The molecule has 1 saturated heterocycles. The van der Waals surface area contributed by atoms with Gasteiger partial charge in [0.15, 0.2) is 11.6 Å². The number of ether oxygens (including phenoxy) is 1. The van der Waals surface area contributed by atoms with Crippen LogP contribution >= 0.6 is 11.8 Å². The Balaban J connectivity index is 2.02. The number of halogens is 1. The highest BCUT2D eigenvalue weighted by atomic mass is 32.2. The Bertz CT molecular complexity index is 626. The van der Waals surface area contributed by atoms with Crippen molar-refractivity contribution in [3.8, 4) is 5.75 Å². The zero-order valence-electron chi connectivity index (χ0n) is 14.7. The molecule has 1 aromatic carbocycles. The van der Waals surface area contributed by atoms with Gasteiger partial charge in [-0.25, -0.2) is 4.39 Å². The number of amides is 2. The highest BCUT2D eigenvalue weighted by molar-refractivity contribution is 7.98. The van der Waals surface area contributed by atoms with Gasteiger partial charge in [-0.3, -0.25) is 9.59 Å². The number of thioether (sulfide) groups is 1. The van der Waals surface area contributed by atoms with Crippen LogP contribution in [-0.4, -0.2) is 43.0 Å². The third-order valence-corrected chi connectivity index (χ3v) is 5.06. The van der Waals surface area contributed by atoms with Gasteiger partial charge in [-0.15, -0.1) is 0 Å². The molecule has 0 spiro atoms. The number of carbonyl (C=O) groups excluding carboxylic acids is 2. The molecule has 1 heterocycles. The molecule has 1 aromatic rings. The normalized spacial score (nSPS) is 19.6. The molecule has 1 fully saturated rings. The zero-order valence-corrected chi connectivity index (χ0v) is 15.5. The number of carbonyl (C=O) groups is 2. The van der Waals surface area contributed by atoms with E-state index in [4.69, 9.17) is 4.74 Å². The summed E-state index contributed by atoms with van der Waals surface area (Å²) in [5, 5.41) is 5.92. The summed E-state index contributed by atoms with van der Waals surface area (Å²) in [4.78, 5) is 23.8. The molecular weight excluding hydrogens is 343 g/mol. The molecule has 2 N–H and O–H groups in total. The van der Waals surface area contributed by atoms with E-state index in [1.165, 1.54) is 13.2 Å². The number of nitrogens with one attached hydrogen (secondary N) is 2. The Kier molecular flexibility index (Phi) is 7.11. The minimum Gasteiger partial charge on any atom is -0.494 e. The molecule has 0 aromatic heterocycles. The summed E-state index contributed by atoms with van der Waals surface area (Å²) in [6, 6.07) is 4.72. The van der Waals surface area contributed by atoms with Gasteiger partial charge in [-0.1, -0.05) is 6.07 Å². The van der Waals surface area contributed by atoms with Gasteiger partial charge in [-0.05, 0) is 43.2 Å². The van der Waals surface area contributed by atoms with Crippen LogP contribution in [0.5, 0.6) is 5.75 Å². The monoisotopic (exact) mass is 368 g/mol. The smallest absolute Gasteiger partial charge is 0.220 e. The minimum atomic E-state index is -0.462. The lowest BCUT2D eigenvalue weighted by atomic mass is 9.85. The van der Waals surface area contributed by atoms with E-state index in [2.05, 4.69) is 10.6 Å². The Morgan fingerprint density at radius 2 is 2.28 bits per heavy atom. The Morgan fingerprint density at radius 1 is 1.48 bits per heavy atom. The van der Waals surface area contributed by atoms with Gasteiger partial charge in [-0.2, -0.15) is 11.8 Å². The van der Waals surface area contributed by atoms with Crippen molar-refractivity contribution in [1.29, 1.82) is 0 Å². The maximum absolute atomic E-state index is 13.6. The van der Waals surface area contributed by atoms with E-state index in [-0.39, 0.29) is 17.6 Å². The van der Waals surface area contributed by atoms with Crippen molar-refractivity contribution < 1.29 is 18.7 Å². The van der Waals surface area contributed by atoms with Crippen LogP contribution in [0, 0.1) is 5.82 Å². The van der Waals surface area contributed by atoms with Gasteiger partial charge < -0.3 is 15.4 Å². The lowest BCUT2D eigenvalue weighted by Crippen LogP contribution is -2.44. The molecule has 2 rings (SSSR count). The van der Waals surface area contributed by atoms with Crippen LogP contribution in [0.25, 0.3) is 0 Å². The van der Waals surface area contributed by atoms with E-state index in [1.807, 2.05) is 6.26 Å². The van der Waals surface area contributed by atoms with Crippen LogP contribution in [0.1, 0.15) is 31.2 Å². The molecule has 1 unspecified atom stereocenters. The first-order valence-electron chi connectivity index (χ1n) is 8.37. The van der Waals surface area contributed by atoms with Crippen LogP contribution in [0.3, 0.4) is 0 Å². The lowest BCUT2D eigenvalue weighted by Gasteiger charge is -2.29. The van der Waals surface area contributed by atoms with E-state index in [0.717, 1.165) is 11.3 Å². The molecule has 0 bridgehead atoms. The van der Waals surface area contributed by atoms with Crippen LogP contribution in [0.15, 0.2) is 18.2 Å². The Labute approximate surface area is 152 Å². The second-order valence-corrected chi connectivity index (χ2v) is 7.30. The molecule has 1 aliphatic heterocycles. The Morgan fingerprint density at radius 3 is 2.92 bits per heavy atom. The maximum Gasteiger partial charge on any atom is 0.220 e. The zero-order chi connectivity index (χ0) is 18.3. The third kappa shape index (κ3) is 5.63. The molecule has 2 amide bonds. The van der Waals surface area contributed by atoms with Crippen LogP contribution < -0.4 is 15.4 Å². The first kappa shape index (κ1) is 19.6. The number of hydrogen-bond donors (Lipinski definition) is 2. The SMILES string of the molecule is COc1cc(CC2(CCC(=O)NCCSC)CCC(=O)N2)ccc1F. The van der Waals surface area contributed by atoms with Crippen molar-refractivity contribution in [2.75, 3.05) is 25.7 Å². The average molecular weight is 368 g/mol. The molecule has 0 radical (unpaired) electrons. The molecule has 0 saturated carbocycles. The molecule has 138 valence electrons. The fourth-order valence-corrected chi connectivity index (χ4v) is 3.43. The van der Waals surface area contributed by atoms with Crippen molar-refractivity contribution in [3.63, 3.8) is 0 Å². The topological polar surface area (TPSA) is 67.4 Å². The number of hydrogen-bond acceptors (Lipinski definition) is 4. The number of rotatable bonds is 9. The predicted octanol–water partition coefficient (Wildman–Crippen LogP) is 2.29. The first-order chi connectivity index (χ1) is 12.0. The highest BCUT2D eigenvalue weighted by Crippen LogP contribution is 2.31. The second-order valence-electron chi connectivity index (χ2n) is 6.32. The Hall–Kier alpha value is -1.76. The fourth-order valence-electron chi connectivity index (χ4n) is 3.12. The van der Waals surface area contributed by atoms with Crippen molar-refractivity contribution in [2.45, 2.75) is 37.6 Å². The summed E-state index contributed by atoms with van der Waals surface area (Å²) in [6.07, 6.45) is 4.58. The quantitative estimate of drug-likeness (QED) is 0.656. The van der Waals surface area contributed by atoms with Crippen LogP contribution in [0.4, 0.5) is 4.39 Å². The molecule has 0 aliphatic carbocycles. The van der Waals surface area contributed by atoms with Gasteiger partial charge in [0.25, 0.3) is 0 Å². The average Bonchev–Trinajstić information content (AvgIpc) is 2.96. The lowest BCUT2D eigenvalue weighted by molar-refractivity contribution is -0.122. The molecule has 5 nitrogen and oxygen atoms in total.